The largest absolute Gasteiger partial charge is 0.392 e. The molecule has 0 aliphatic heterocycles. The summed E-state index contributed by atoms with van der Waals surface area (Å²) in [6, 6.07) is 0. The van der Waals surface area contributed by atoms with Crippen molar-refractivity contribution in [1.82, 2.24) is 10.3 Å². The van der Waals surface area contributed by atoms with Crippen molar-refractivity contribution in [3.8, 4) is 0 Å². The van der Waals surface area contributed by atoms with Gasteiger partial charge in [0.1, 0.15) is 0 Å². The zero-order chi connectivity index (χ0) is 13.0. The molecule has 1 aliphatic rings. The van der Waals surface area contributed by atoms with Gasteiger partial charge in [-0.3, -0.25) is 0 Å². The molecule has 1 heterocycles. The molecule has 0 radical (unpaired) electrons. The summed E-state index contributed by atoms with van der Waals surface area (Å²) in [5, 5.41) is 14.2. The molecule has 1 aromatic heterocycles. The minimum atomic E-state index is -0.167. The predicted molar refractivity (Wildman–Crippen MR) is 76.1 cm³/mol. The van der Waals surface area contributed by atoms with E-state index in [1.165, 1.54) is 17.7 Å². The number of nitrogens with one attached hydrogen (secondary N) is 1. The highest BCUT2D eigenvalue weighted by Crippen LogP contribution is 2.32. The van der Waals surface area contributed by atoms with Gasteiger partial charge in [0, 0.05) is 37.3 Å². The molecule has 2 N–H and O–H groups in total. The van der Waals surface area contributed by atoms with Gasteiger partial charge in [0.05, 0.1) is 6.10 Å². The van der Waals surface area contributed by atoms with Crippen LogP contribution in [0.15, 0.2) is 6.20 Å². The van der Waals surface area contributed by atoms with Crippen LogP contribution in [0.25, 0.3) is 0 Å². The van der Waals surface area contributed by atoms with Gasteiger partial charge in [0.15, 0.2) is 5.13 Å². The maximum atomic E-state index is 9.75. The average Bonchev–Trinajstić information content (AvgIpc) is 3.13. The topological polar surface area (TPSA) is 48.4 Å². The van der Waals surface area contributed by atoms with E-state index in [1.54, 1.807) is 11.3 Å². The summed E-state index contributed by atoms with van der Waals surface area (Å²) in [6.07, 6.45) is 4.15. The van der Waals surface area contributed by atoms with Crippen LogP contribution < -0.4 is 10.2 Å². The minimum absolute atomic E-state index is 0.167. The number of anilines is 1. The first-order valence-corrected chi connectivity index (χ1v) is 7.64. The number of rotatable bonds is 8. The van der Waals surface area contributed by atoms with Crippen molar-refractivity contribution in [1.29, 1.82) is 0 Å². The zero-order valence-electron chi connectivity index (χ0n) is 11.2. The zero-order valence-corrected chi connectivity index (χ0v) is 12.0. The molecule has 5 heteroatoms. The first-order valence-electron chi connectivity index (χ1n) is 6.83. The average molecular weight is 269 g/mol. The molecule has 0 spiro atoms. The fourth-order valence-electron chi connectivity index (χ4n) is 2.01. The number of hydrogen-bond donors (Lipinski definition) is 2. The maximum absolute atomic E-state index is 9.75. The number of nitrogens with zero attached hydrogens (tertiary/aromatic N) is 2. The summed E-state index contributed by atoms with van der Waals surface area (Å²) in [6.45, 7) is 7.80. The van der Waals surface area contributed by atoms with Crippen LogP contribution >= 0.6 is 11.3 Å². The predicted octanol–water partition coefficient (Wildman–Crippen LogP) is 1.85. The quantitative estimate of drug-likeness (QED) is 0.756. The summed E-state index contributed by atoms with van der Waals surface area (Å²) < 4.78 is 0. The fourth-order valence-corrected chi connectivity index (χ4v) is 3.02. The Bertz CT molecular complexity index is 361. The first kappa shape index (κ1) is 13.8. The van der Waals surface area contributed by atoms with Crippen LogP contribution in [0.4, 0.5) is 5.13 Å². The van der Waals surface area contributed by atoms with Crippen molar-refractivity contribution in [3.05, 3.63) is 11.1 Å². The highest BCUT2D eigenvalue weighted by Gasteiger charge is 2.29. The van der Waals surface area contributed by atoms with Gasteiger partial charge in [-0.2, -0.15) is 0 Å². The Labute approximate surface area is 113 Å². The lowest BCUT2D eigenvalue weighted by molar-refractivity contribution is 0.148. The molecule has 1 saturated carbocycles. The van der Waals surface area contributed by atoms with Crippen LogP contribution in [0.2, 0.25) is 0 Å². The van der Waals surface area contributed by atoms with Gasteiger partial charge in [0.25, 0.3) is 0 Å². The lowest BCUT2D eigenvalue weighted by Crippen LogP contribution is -2.27. The van der Waals surface area contributed by atoms with Crippen LogP contribution in [0.1, 0.15) is 31.6 Å². The van der Waals surface area contributed by atoms with Crippen LogP contribution in [0, 0.1) is 5.92 Å². The van der Waals surface area contributed by atoms with E-state index in [9.17, 15) is 5.11 Å². The van der Waals surface area contributed by atoms with Crippen molar-refractivity contribution in [2.45, 2.75) is 39.3 Å². The molecule has 2 rings (SSSR count). The number of aliphatic hydroxyl groups is 1. The molecule has 1 aliphatic carbocycles. The lowest BCUT2D eigenvalue weighted by Gasteiger charge is -2.16. The molecule has 0 amide bonds. The van der Waals surface area contributed by atoms with E-state index in [1.807, 2.05) is 6.20 Å². The van der Waals surface area contributed by atoms with Gasteiger partial charge >= 0.3 is 0 Å². The molecular weight excluding hydrogens is 246 g/mol. The normalized spacial score (nSPS) is 16.8. The van der Waals surface area contributed by atoms with E-state index in [4.69, 9.17) is 0 Å². The van der Waals surface area contributed by atoms with Gasteiger partial charge in [-0.25, -0.2) is 4.98 Å². The number of aromatic nitrogens is 1. The smallest absolute Gasteiger partial charge is 0.185 e. The summed E-state index contributed by atoms with van der Waals surface area (Å²) in [7, 11) is 0. The van der Waals surface area contributed by atoms with Crippen LogP contribution in [-0.4, -0.2) is 35.8 Å². The molecule has 1 aromatic rings. The highest BCUT2D eigenvalue weighted by molar-refractivity contribution is 7.15. The molecule has 0 bridgehead atoms. The number of aliphatic hydroxyl groups excluding tert-OH is 1. The number of hydrogen-bond acceptors (Lipinski definition) is 5. The molecular formula is C13H23N3OS. The lowest BCUT2D eigenvalue weighted by atomic mass is 10.2. The van der Waals surface area contributed by atoms with Crippen LogP contribution in [0.3, 0.4) is 0 Å². The molecule has 1 unspecified atom stereocenters. The summed E-state index contributed by atoms with van der Waals surface area (Å²) in [5.41, 5.74) is 0. The molecule has 18 heavy (non-hydrogen) atoms. The van der Waals surface area contributed by atoms with E-state index < -0.39 is 0 Å². The van der Waals surface area contributed by atoms with Crippen LogP contribution in [0.5, 0.6) is 0 Å². The van der Waals surface area contributed by atoms with E-state index >= 15 is 0 Å². The molecule has 1 fully saturated rings. The SMILES string of the molecule is CCN(CC)c1ncc(CNCC(O)C2CC2)s1. The Balaban J connectivity index is 1.75. The minimum Gasteiger partial charge on any atom is -0.392 e. The second-order valence-corrected chi connectivity index (χ2v) is 5.91. The highest BCUT2D eigenvalue weighted by atomic mass is 32.1. The standard InChI is InChI=1S/C13H23N3OS/c1-3-16(4-2)13-15-8-11(18-13)7-14-9-12(17)10-5-6-10/h8,10,12,14,17H,3-7,9H2,1-2H3. The van der Waals surface area contributed by atoms with Gasteiger partial charge in [-0.05, 0) is 32.6 Å². The van der Waals surface area contributed by atoms with E-state index in [0.29, 0.717) is 12.5 Å². The molecule has 0 saturated heterocycles. The Morgan fingerprint density at radius 2 is 2.22 bits per heavy atom. The Morgan fingerprint density at radius 1 is 1.50 bits per heavy atom. The molecule has 1 atom stereocenters. The van der Waals surface area contributed by atoms with Crippen molar-refractivity contribution in [3.63, 3.8) is 0 Å². The Hall–Kier alpha value is -0.650. The molecule has 102 valence electrons. The third-order valence-electron chi connectivity index (χ3n) is 3.39. The Kier molecular flexibility index (Phi) is 4.97. The fraction of sp³-hybridized carbons (Fsp3) is 0.769. The van der Waals surface area contributed by atoms with Crippen molar-refractivity contribution < 1.29 is 5.11 Å². The summed E-state index contributed by atoms with van der Waals surface area (Å²) in [5.74, 6) is 0.546. The van der Waals surface area contributed by atoms with Gasteiger partial charge in [-0.1, -0.05) is 0 Å². The monoisotopic (exact) mass is 269 g/mol. The van der Waals surface area contributed by atoms with Crippen molar-refractivity contribution in [2.75, 3.05) is 24.5 Å². The van der Waals surface area contributed by atoms with Crippen molar-refractivity contribution >= 4 is 16.5 Å². The summed E-state index contributed by atoms with van der Waals surface area (Å²) >= 11 is 1.74. The summed E-state index contributed by atoms with van der Waals surface area (Å²) in [4.78, 5) is 7.94. The van der Waals surface area contributed by atoms with E-state index in [-0.39, 0.29) is 6.10 Å². The van der Waals surface area contributed by atoms with Gasteiger partial charge in [0.2, 0.25) is 0 Å². The van der Waals surface area contributed by atoms with Gasteiger partial charge in [-0.15, -0.1) is 11.3 Å². The Morgan fingerprint density at radius 3 is 2.83 bits per heavy atom. The number of thiazole rings is 1. The third kappa shape index (κ3) is 3.67. The van der Waals surface area contributed by atoms with E-state index in [0.717, 1.165) is 24.8 Å². The van der Waals surface area contributed by atoms with E-state index in [2.05, 4.69) is 29.0 Å². The third-order valence-corrected chi connectivity index (χ3v) is 4.45. The second-order valence-electron chi connectivity index (χ2n) is 4.82. The van der Waals surface area contributed by atoms with Crippen LogP contribution in [-0.2, 0) is 6.54 Å². The maximum Gasteiger partial charge on any atom is 0.185 e. The van der Waals surface area contributed by atoms with Crippen molar-refractivity contribution in [2.24, 2.45) is 5.92 Å². The first-order chi connectivity index (χ1) is 8.74. The molecule has 4 nitrogen and oxygen atoms in total. The molecule has 0 aromatic carbocycles. The second kappa shape index (κ2) is 6.50. The van der Waals surface area contributed by atoms with Gasteiger partial charge < -0.3 is 15.3 Å².